The highest BCUT2D eigenvalue weighted by Crippen LogP contribution is 2.25. The first-order chi connectivity index (χ1) is 12.5. The molecule has 1 atom stereocenters. The number of benzene rings is 1. The lowest BCUT2D eigenvalue weighted by atomic mass is 9.85. The molecule has 26 heavy (non-hydrogen) atoms. The van der Waals surface area contributed by atoms with Gasteiger partial charge in [0.25, 0.3) is 0 Å². The molecule has 1 aromatic carbocycles. The number of rotatable bonds is 11. The quantitative estimate of drug-likeness (QED) is 0.417. The summed E-state index contributed by atoms with van der Waals surface area (Å²) in [5, 5.41) is 16.0. The van der Waals surface area contributed by atoms with E-state index >= 15 is 0 Å². The molecule has 5 nitrogen and oxygen atoms in total. The minimum atomic E-state index is -0.0669. The van der Waals surface area contributed by atoms with Gasteiger partial charge in [0.1, 0.15) is 5.75 Å². The summed E-state index contributed by atoms with van der Waals surface area (Å²) in [7, 11) is 1.68. The Labute approximate surface area is 159 Å². The average molecular weight is 364 g/mol. The van der Waals surface area contributed by atoms with Crippen LogP contribution < -0.4 is 15.4 Å². The van der Waals surface area contributed by atoms with E-state index in [1.165, 1.54) is 5.56 Å². The number of hydrogen-bond acceptors (Lipinski definition) is 3. The summed E-state index contributed by atoms with van der Waals surface area (Å²) in [6.07, 6.45) is 3.08. The number of aliphatic imine (C=N–C) groups is 1. The first-order valence-electron chi connectivity index (χ1n) is 9.74. The Bertz CT molecular complexity index is 521. The Kier molecular flexibility index (Phi) is 10.1. The number of ether oxygens (including phenoxy) is 1. The van der Waals surface area contributed by atoms with Gasteiger partial charge in [0.15, 0.2) is 5.96 Å². The molecule has 0 fully saturated rings. The van der Waals surface area contributed by atoms with Gasteiger partial charge in [-0.05, 0) is 43.4 Å². The molecule has 0 bridgehead atoms. The van der Waals surface area contributed by atoms with Gasteiger partial charge in [0.2, 0.25) is 0 Å². The molecule has 0 radical (unpaired) electrons. The zero-order chi connectivity index (χ0) is 19.4. The summed E-state index contributed by atoms with van der Waals surface area (Å²) in [5.74, 6) is 2.19. The van der Waals surface area contributed by atoms with Crippen LogP contribution in [0.15, 0.2) is 29.3 Å². The topological polar surface area (TPSA) is 65.9 Å². The summed E-state index contributed by atoms with van der Waals surface area (Å²) in [6, 6.07) is 8.20. The second-order valence-corrected chi connectivity index (χ2v) is 7.36. The fourth-order valence-electron chi connectivity index (χ4n) is 2.93. The van der Waals surface area contributed by atoms with Crippen molar-refractivity contribution in [2.24, 2.45) is 10.9 Å². The normalized spacial score (nSPS) is 13.4. The smallest absolute Gasteiger partial charge is 0.191 e. The van der Waals surface area contributed by atoms with Crippen LogP contribution in [0.2, 0.25) is 0 Å². The van der Waals surface area contributed by atoms with Crippen molar-refractivity contribution in [3.8, 4) is 5.75 Å². The molecule has 3 N–H and O–H groups in total. The number of hydrogen-bond donors (Lipinski definition) is 3. The van der Waals surface area contributed by atoms with Crippen LogP contribution in [0.25, 0.3) is 0 Å². The fraction of sp³-hybridized carbons (Fsp3) is 0.667. The van der Waals surface area contributed by atoms with Crippen molar-refractivity contribution in [2.45, 2.75) is 52.4 Å². The largest absolute Gasteiger partial charge is 0.497 e. The minimum Gasteiger partial charge on any atom is -0.497 e. The van der Waals surface area contributed by atoms with Crippen molar-refractivity contribution >= 4 is 5.96 Å². The van der Waals surface area contributed by atoms with Gasteiger partial charge in [-0.15, -0.1) is 0 Å². The van der Waals surface area contributed by atoms with E-state index in [1.54, 1.807) is 7.11 Å². The van der Waals surface area contributed by atoms with Crippen molar-refractivity contribution in [3.05, 3.63) is 29.8 Å². The first-order valence-corrected chi connectivity index (χ1v) is 9.74. The molecule has 148 valence electrons. The van der Waals surface area contributed by atoms with Gasteiger partial charge in [-0.3, -0.25) is 4.99 Å². The molecule has 0 heterocycles. The second-order valence-electron chi connectivity index (χ2n) is 7.36. The Morgan fingerprint density at radius 2 is 1.85 bits per heavy atom. The van der Waals surface area contributed by atoms with E-state index in [0.717, 1.165) is 44.1 Å². The Balaban J connectivity index is 2.73. The highest BCUT2D eigenvalue weighted by molar-refractivity contribution is 5.79. The molecular weight excluding hydrogens is 326 g/mol. The third-order valence-electron chi connectivity index (χ3n) is 4.64. The number of guanidine groups is 1. The van der Waals surface area contributed by atoms with E-state index in [0.29, 0.717) is 12.5 Å². The van der Waals surface area contributed by atoms with Gasteiger partial charge in [-0.1, -0.05) is 39.3 Å². The molecular formula is C21H37N3O2. The Hall–Kier alpha value is -1.75. The van der Waals surface area contributed by atoms with E-state index in [4.69, 9.17) is 9.73 Å². The summed E-state index contributed by atoms with van der Waals surface area (Å²) in [6.45, 7) is 11.2. The third kappa shape index (κ3) is 7.65. The van der Waals surface area contributed by atoms with Gasteiger partial charge in [0, 0.05) is 25.1 Å². The summed E-state index contributed by atoms with van der Waals surface area (Å²) < 4.78 is 5.24. The van der Waals surface area contributed by atoms with Crippen molar-refractivity contribution in [3.63, 3.8) is 0 Å². The number of methoxy groups -OCH3 is 1. The third-order valence-corrected chi connectivity index (χ3v) is 4.64. The predicted molar refractivity (Wildman–Crippen MR) is 110 cm³/mol. The summed E-state index contributed by atoms with van der Waals surface area (Å²) >= 11 is 0. The van der Waals surface area contributed by atoms with Crippen LogP contribution in [0, 0.1) is 5.92 Å². The molecule has 0 aliphatic rings. The maximum atomic E-state index is 9.22. The van der Waals surface area contributed by atoms with Crippen LogP contribution in [0.4, 0.5) is 0 Å². The lowest BCUT2D eigenvalue weighted by Gasteiger charge is -2.24. The van der Waals surface area contributed by atoms with Crippen molar-refractivity contribution in [1.82, 2.24) is 10.6 Å². The van der Waals surface area contributed by atoms with E-state index in [1.807, 2.05) is 12.1 Å². The standard InChI is InChI=1S/C21H37N3O2/c1-6-8-17(13-14-25)15-23-20(22-7-2)24-16-21(3,4)18-9-11-19(26-5)12-10-18/h9-12,17,25H,6-8,13-16H2,1-5H3,(H2,22,23,24). The van der Waals surface area contributed by atoms with Crippen LogP contribution in [0.3, 0.4) is 0 Å². The molecule has 0 saturated heterocycles. The van der Waals surface area contributed by atoms with Crippen molar-refractivity contribution in [1.29, 1.82) is 0 Å². The highest BCUT2D eigenvalue weighted by atomic mass is 16.5. The molecule has 0 aliphatic carbocycles. The zero-order valence-corrected chi connectivity index (χ0v) is 17.1. The maximum Gasteiger partial charge on any atom is 0.191 e. The van der Waals surface area contributed by atoms with Gasteiger partial charge in [-0.25, -0.2) is 0 Å². The molecule has 0 saturated carbocycles. The molecule has 0 amide bonds. The number of aliphatic hydroxyl groups excluding tert-OH is 1. The highest BCUT2D eigenvalue weighted by Gasteiger charge is 2.20. The second kappa shape index (κ2) is 11.8. The van der Waals surface area contributed by atoms with Crippen LogP contribution in [-0.2, 0) is 5.41 Å². The number of aliphatic hydroxyl groups is 1. The Morgan fingerprint density at radius 3 is 2.38 bits per heavy atom. The maximum absolute atomic E-state index is 9.22. The van der Waals surface area contributed by atoms with Crippen molar-refractivity contribution < 1.29 is 9.84 Å². The molecule has 0 aliphatic heterocycles. The number of nitrogens with zero attached hydrogens (tertiary/aromatic N) is 1. The van der Waals surface area contributed by atoms with Gasteiger partial charge < -0.3 is 20.5 Å². The van der Waals surface area contributed by atoms with Gasteiger partial charge >= 0.3 is 0 Å². The molecule has 1 rings (SSSR count). The van der Waals surface area contributed by atoms with Crippen molar-refractivity contribution in [2.75, 3.05) is 33.4 Å². The summed E-state index contributed by atoms with van der Waals surface area (Å²) in [5.41, 5.74) is 1.17. The predicted octanol–water partition coefficient (Wildman–Crippen LogP) is 3.33. The van der Waals surface area contributed by atoms with E-state index in [2.05, 4.69) is 50.5 Å². The molecule has 0 spiro atoms. The van der Waals surface area contributed by atoms with E-state index in [-0.39, 0.29) is 12.0 Å². The lowest BCUT2D eigenvalue weighted by Crippen LogP contribution is -2.41. The molecule has 1 aromatic rings. The SMILES string of the molecule is CCCC(CCO)CNC(=NCC(C)(C)c1ccc(OC)cc1)NCC. The summed E-state index contributed by atoms with van der Waals surface area (Å²) in [4.78, 5) is 4.80. The molecule has 1 unspecified atom stereocenters. The lowest BCUT2D eigenvalue weighted by molar-refractivity contribution is 0.251. The minimum absolute atomic E-state index is 0.0669. The first kappa shape index (κ1) is 22.3. The Morgan fingerprint density at radius 1 is 1.15 bits per heavy atom. The van der Waals surface area contributed by atoms with Crippen LogP contribution in [0.5, 0.6) is 5.75 Å². The fourth-order valence-corrected chi connectivity index (χ4v) is 2.93. The molecule has 5 heteroatoms. The van der Waals surface area contributed by atoms with Gasteiger partial charge in [0.05, 0.1) is 13.7 Å². The number of nitrogens with one attached hydrogen (secondary N) is 2. The monoisotopic (exact) mass is 363 g/mol. The average Bonchev–Trinajstić information content (AvgIpc) is 2.64. The molecule has 0 aromatic heterocycles. The van der Waals surface area contributed by atoms with Crippen LogP contribution in [0.1, 0.15) is 52.5 Å². The van der Waals surface area contributed by atoms with E-state index < -0.39 is 0 Å². The van der Waals surface area contributed by atoms with Gasteiger partial charge in [-0.2, -0.15) is 0 Å². The van der Waals surface area contributed by atoms with E-state index in [9.17, 15) is 5.11 Å². The van der Waals surface area contributed by atoms with Crippen LogP contribution in [-0.4, -0.2) is 44.4 Å². The zero-order valence-electron chi connectivity index (χ0n) is 17.1. The van der Waals surface area contributed by atoms with Crippen LogP contribution >= 0.6 is 0 Å².